The van der Waals surface area contributed by atoms with E-state index in [2.05, 4.69) is 17.2 Å². The number of hydrogen-bond acceptors (Lipinski definition) is 4. The minimum atomic E-state index is -1.01. The van der Waals surface area contributed by atoms with E-state index in [4.69, 9.17) is 10.7 Å². The molecule has 8 heteroatoms. The molecule has 4 rings (SSSR count). The second-order valence-electron chi connectivity index (χ2n) is 10.4. The number of benzene rings is 1. The number of likely N-dealkylation sites (N-methyl/N-ethyl adjacent to an activating group) is 1. The highest BCUT2D eigenvalue weighted by molar-refractivity contribution is 6.08. The normalized spacial score (nSPS) is 27.4. The lowest BCUT2D eigenvalue weighted by Crippen LogP contribution is -2.47. The number of hydrogen-bond donors (Lipinski definition) is 3. The molecule has 0 unspecified atom stereocenters. The van der Waals surface area contributed by atoms with Gasteiger partial charge in [0.1, 0.15) is 5.82 Å². The van der Waals surface area contributed by atoms with Gasteiger partial charge in [0.2, 0.25) is 0 Å². The van der Waals surface area contributed by atoms with Crippen molar-refractivity contribution < 1.29 is 14.0 Å². The number of carbonyl (C=O) groups excluding carboxylic acids is 2. The summed E-state index contributed by atoms with van der Waals surface area (Å²) in [5, 5.41) is 5.72. The van der Waals surface area contributed by atoms with Gasteiger partial charge in [-0.3, -0.25) is 9.69 Å². The van der Waals surface area contributed by atoms with Crippen LogP contribution in [0.1, 0.15) is 70.6 Å². The van der Waals surface area contributed by atoms with E-state index in [9.17, 15) is 14.0 Å². The number of aliphatic imine (C=N–C) groups is 1. The van der Waals surface area contributed by atoms with Crippen LogP contribution >= 0.6 is 0 Å². The molecule has 1 aliphatic heterocycles. The number of amides is 3. The monoisotopic (exact) mass is 483 g/mol. The van der Waals surface area contributed by atoms with E-state index < -0.39 is 11.4 Å². The van der Waals surface area contributed by atoms with Gasteiger partial charge in [0.05, 0.1) is 0 Å². The summed E-state index contributed by atoms with van der Waals surface area (Å²) >= 11 is 0. The van der Waals surface area contributed by atoms with Gasteiger partial charge < -0.3 is 16.4 Å². The summed E-state index contributed by atoms with van der Waals surface area (Å²) in [4.78, 5) is 32.2. The van der Waals surface area contributed by atoms with E-state index in [0.29, 0.717) is 24.4 Å². The van der Waals surface area contributed by atoms with Crippen molar-refractivity contribution in [1.82, 2.24) is 10.2 Å². The average Bonchev–Trinajstić information content (AvgIpc) is 3.07. The van der Waals surface area contributed by atoms with E-state index in [1.54, 1.807) is 19.2 Å². The Morgan fingerprint density at radius 3 is 2.69 bits per heavy atom. The Balaban J connectivity index is 1.42. The predicted octanol–water partition coefficient (Wildman–Crippen LogP) is 4.95. The summed E-state index contributed by atoms with van der Waals surface area (Å²) in [6.07, 6.45) is 11.2. The number of rotatable bonds is 7. The van der Waals surface area contributed by atoms with E-state index in [0.717, 1.165) is 31.3 Å². The lowest BCUT2D eigenvalue weighted by atomic mass is 9.71. The maximum absolute atomic E-state index is 13.4. The fourth-order valence-electron chi connectivity index (χ4n) is 6.02. The van der Waals surface area contributed by atoms with Gasteiger partial charge in [-0.2, -0.15) is 0 Å². The maximum atomic E-state index is 13.4. The summed E-state index contributed by atoms with van der Waals surface area (Å²) in [6.45, 7) is 4.43. The fourth-order valence-corrected chi connectivity index (χ4v) is 6.02. The summed E-state index contributed by atoms with van der Waals surface area (Å²) in [7, 11) is 1.68. The topological polar surface area (TPSA) is 99.8 Å². The molecule has 3 atom stereocenters. The first-order chi connectivity index (χ1) is 16.8. The third kappa shape index (κ3) is 5.68. The molecule has 2 saturated carbocycles. The first-order valence-electron chi connectivity index (χ1n) is 12.9. The number of nitrogens with zero attached hydrogens (tertiary/aromatic N) is 2. The number of nitrogens with two attached hydrogens (primary N) is 1. The van der Waals surface area contributed by atoms with Crippen molar-refractivity contribution in [3.8, 4) is 0 Å². The van der Waals surface area contributed by atoms with Crippen molar-refractivity contribution >= 4 is 23.6 Å². The second-order valence-corrected chi connectivity index (χ2v) is 10.4. The van der Waals surface area contributed by atoms with Crippen LogP contribution in [0, 0.1) is 17.7 Å². The zero-order valence-electron chi connectivity index (χ0n) is 20.7. The van der Waals surface area contributed by atoms with Crippen molar-refractivity contribution in [2.75, 3.05) is 12.4 Å². The Morgan fingerprint density at radius 2 is 2.00 bits per heavy atom. The lowest BCUT2D eigenvalue weighted by molar-refractivity contribution is -0.129. The zero-order chi connectivity index (χ0) is 25.0. The Kier molecular flexibility index (Phi) is 7.77. The number of urea groups is 1. The van der Waals surface area contributed by atoms with Crippen molar-refractivity contribution in [3.05, 3.63) is 42.2 Å². The van der Waals surface area contributed by atoms with Gasteiger partial charge in [-0.15, -0.1) is 0 Å². The van der Waals surface area contributed by atoms with Crippen molar-refractivity contribution in [2.24, 2.45) is 22.6 Å². The Labute approximate surface area is 207 Å². The van der Waals surface area contributed by atoms with E-state index in [1.165, 1.54) is 49.1 Å². The smallest absolute Gasteiger partial charge is 0.319 e. The van der Waals surface area contributed by atoms with Crippen LogP contribution in [0.15, 0.2) is 41.4 Å². The molecule has 0 saturated heterocycles. The minimum Gasteiger partial charge on any atom is -0.369 e. The van der Waals surface area contributed by atoms with Crippen molar-refractivity contribution in [3.63, 3.8) is 0 Å². The van der Waals surface area contributed by atoms with Gasteiger partial charge >= 0.3 is 6.03 Å². The molecule has 0 radical (unpaired) electrons. The highest BCUT2D eigenvalue weighted by atomic mass is 19.1. The lowest BCUT2D eigenvalue weighted by Gasteiger charge is -2.37. The Hall–Kier alpha value is -2.90. The quantitative estimate of drug-likeness (QED) is 0.479. The first-order valence-corrected chi connectivity index (χ1v) is 12.9. The molecule has 0 spiro atoms. The van der Waals surface area contributed by atoms with Crippen LogP contribution in [0.2, 0.25) is 0 Å². The second kappa shape index (κ2) is 10.8. The molecular formula is C27H38FN5O2. The number of carbonyl (C=O) groups is 2. The summed E-state index contributed by atoms with van der Waals surface area (Å²) in [5.74, 6) is 0.438. The molecule has 4 N–H and O–H groups in total. The molecule has 1 heterocycles. The number of anilines is 1. The van der Waals surface area contributed by atoms with E-state index >= 15 is 0 Å². The summed E-state index contributed by atoms with van der Waals surface area (Å²) in [6, 6.07) is 5.39. The van der Waals surface area contributed by atoms with Gasteiger partial charge in [-0.25, -0.2) is 14.2 Å². The van der Waals surface area contributed by atoms with E-state index in [1.807, 2.05) is 0 Å². The molecule has 2 aliphatic carbocycles. The Bertz CT molecular complexity index is 990. The van der Waals surface area contributed by atoms with Crippen LogP contribution in [0.25, 0.3) is 0 Å². The van der Waals surface area contributed by atoms with E-state index in [-0.39, 0.29) is 29.9 Å². The molecule has 35 heavy (non-hydrogen) atoms. The standard InChI is InChI=1S/C27H38FN5O2/c1-18(27(24(34)33(2)25(29)32-27)15-14-19-8-4-3-5-9-19)20-10-6-12-22(16-20)30-26(35)31-23-13-7-11-21(28)17-23/h7,11,13,17,19-20,22H,1,3-6,8-10,12,14-16H2,2H3,(H2,29,32)(H2,30,31,35)/t20-,22+,27+/m0/s1. The van der Waals surface area contributed by atoms with Crippen LogP contribution in [0.4, 0.5) is 14.9 Å². The molecule has 3 aliphatic rings. The highest BCUT2D eigenvalue weighted by Crippen LogP contribution is 2.43. The van der Waals surface area contributed by atoms with Crippen LogP contribution in [0.5, 0.6) is 0 Å². The molecule has 0 bridgehead atoms. The van der Waals surface area contributed by atoms with Gasteiger partial charge in [0.25, 0.3) is 5.91 Å². The predicted molar refractivity (Wildman–Crippen MR) is 136 cm³/mol. The number of nitrogens with one attached hydrogen (secondary N) is 2. The third-order valence-corrected chi connectivity index (χ3v) is 8.06. The molecule has 2 fully saturated rings. The number of guanidine groups is 1. The van der Waals surface area contributed by atoms with Gasteiger partial charge in [0.15, 0.2) is 11.5 Å². The fraction of sp³-hybridized carbons (Fsp3) is 0.593. The van der Waals surface area contributed by atoms with Crippen LogP contribution < -0.4 is 16.4 Å². The molecule has 0 aromatic heterocycles. The van der Waals surface area contributed by atoms with Gasteiger partial charge in [0, 0.05) is 18.8 Å². The first kappa shape index (κ1) is 25.2. The minimum absolute atomic E-state index is 0.0570. The molecule has 7 nitrogen and oxygen atoms in total. The van der Waals surface area contributed by atoms with Crippen molar-refractivity contribution in [2.45, 2.75) is 82.2 Å². The van der Waals surface area contributed by atoms with Gasteiger partial charge in [-0.05, 0) is 67.7 Å². The van der Waals surface area contributed by atoms with Gasteiger partial charge in [-0.1, -0.05) is 51.2 Å². The number of halogens is 1. The summed E-state index contributed by atoms with van der Waals surface area (Å²) in [5.41, 5.74) is 6.34. The molecular weight excluding hydrogens is 445 g/mol. The molecule has 190 valence electrons. The van der Waals surface area contributed by atoms with Crippen LogP contribution in [-0.4, -0.2) is 41.4 Å². The third-order valence-electron chi connectivity index (χ3n) is 8.06. The Morgan fingerprint density at radius 1 is 1.23 bits per heavy atom. The average molecular weight is 484 g/mol. The van der Waals surface area contributed by atoms with Crippen LogP contribution in [-0.2, 0) is 4.79 Å². The zero-order valence-corrected chi connectivity index (χ0v) is 20.7. The highest BCUT2D eigenvalue weighted by Gasteiger charge is 2.50. The summed E-state index contributed by atoms with van der Waals surface area (Å²) < 4.78 is 13.4. The SMILES string of the molecule is C=C([C@H]1CCC[C@@H](NC(=O)Nc2cccc(F)c2)C1)[C@@]1(CCC2CCCCC2)N=C(N)N(C)C1=O. The van der Waals surface area contributed by atoms with Crippen molar-refractivity contribution in [1.29, 1.82) is 0 Å². The molecule has 3 amide bonds. The largest absolute Gasteiger partial charge is 0.369 e. The molecule has 1 aromatic rings. The molecule has 1 aromatic carbocycles. The van der Waals surface area contributed by atoms with Crippen LogP contribution in [0.3, 0.4) is 0 Å². The maximum Gasteiger partial charge on any atom is 0.319 e.